The lowest BCUT2D eigenvalue weighted by atomic mass is 10.1. The van der Waals surface area contributed by atoms with Crippen LogP contribution in [0.15, 0.2) is 71.5 Å². The van der Waals surface area contributed by atoms with Gasteiger partial charge in [0.2, 0.25) is 0 Å². The Morgan fingerprint density at radius 2 is 1.65 bits per heavy atom. The lowest BCUT2D eigenvalue weighted by Crippen LogP contribution is -2.42. The summed E-state index contributed by atoms with van der Waals surface area (Å²) in [5, 5.41) is 4.35. The van der Waals surface area contributed by atoms with Gasteiger partial charge in [-0.15, -0.1) is 0 Å². The van der Waals surface area contributed by atoms with E-state index in [-0.39, 0.29) is 5.69 Å². The summed E-state index contributed by atoms with van der Waals surface area (Å²) in [4.78, 5) is 14.9. The van der Waals surface area contributed by atoms with Crippen molar-refractivity contribution in [2.24, 2.45) is 5.10 Å². The predicted molar refractivity (Wildman–Crippen MR) is 94.6 cm³/mol. The third kappa shape index (κ3) is 3.01. The molecule has 1 heterocycles. The molecule has 1 aliphatic rings. The summed E-state index contributed by atoms with van der Waals surface area (Å²) in [6.45, 7) is 0. The van der Waals surface area contributed by atoms with Crippen LogP contribution in [0, 0.1) is 0 Å². The lowest BCUT2D eigenvalue weighted by molar-refractivity contribution is -0.137. The van der Waals surface area contributed by atoms with Crippen LogP contribution < -0.4 is 4.59 Å². The first-order chi connectivity index (χ1) is 12.2. The second kappa shape index (κ2) is 6.42. The van der Waals surface area contributed by atoms with E-state index in [9.17, 15) is 18.0 Å². The highest BCUT2D eigenvalue weighted by molar-refractivity contribution is 6.22. The summed E-state index contributed by atoms with van der Waals surface area (Å²) in [6, 6.07) is 13.3. The molecular formula is C19H17F3N3O+. The number of carbonyl (C=O) groups is 1. The molecule has 0 spiro atoms. The molecule has 0 saturated carbocycles. The van der Waals surface area contributed by atoms with Gasteiger partial charge in [0.05, 0.1) is 5.56 Å². The van der Waals surface area contributed by atoms with Gasteiger partial charge in [-0.05, 0) is 6.07 Å². The van der Waals surface area contributed by atoms with Crippen LogP contribution in [-0.2, 0) is 11.0 Å². The van der Waals surface area contributed by atoms with E-state index < -0.39 is 22.2 Å². The standard InChI is InChI=1S/C19H17F3N3O/c1-24(2)13-14-12-23-25(18(14)26,16-8-4-3-5-9-16)17-10-6-7-15(11-17)19(20,21)22/h3-13H,1-2H3/q+1. The molecule has 1 unspecified atom stereocenters. The molecule has 0 fully saturated rings. The molecule has 0 aliphatic carbocycles. The normalized spacial score (nSPS) is 21.4. The number of alkyl halides is 3. The quantitative estimate of drug-likeness (QED) is 0.603. The molecule has 134 valence electrons. The molecular weight excluding hydrogens is 343 g/mol. The van der Waals surface area contributed by atoms with Crippen LogP contribution >= 0.6 is 0 Å². The smallest absolute Gasteiger partial charge is 0.383 e. The fraction of sp³-hybridized carbons (Fsp3) is 0.158. The van der Waals surface area contributed by atoms with Gasteiger partial charge in [-0.3, -0.25) is 0 Å². The Bertz CT molecular complexity index is 888. The van der Waals surface area contributed by atoms with Crippen molar-refractivity contribution >= 4 is 23.5 Å². The van der Waals surface area contributed by atoms with Crippen molar-refractivity contribution in [3.8, 4) is 0 Å². The fourth-order valence-corrected chi connectivity index (χ4v) is 2.85. The number of halogens is 3. The molecule has 0 saturated heterocycles. The van der Waals surface area contributed by atoms with Gasteiger partial charge in [0, 0.05) is 44.6 Å². The third-order valence-electron chi connectivity index (χ3n) is 3.99. The van der Waals surface area contributed by atoms with Gasteiger partial charge in [0.1, 0.15) is 11.8 Å². The van der Waals surface area contributed by atoms with Crippen LogP contribution in [0.25, 0.3) is 0 Å². The Labute approximate surface area is 149 Å². The van der Waals surface area contributed by atoms with E-state index in [0.717, 1.165) is 12.1 Å². The molecule has 1 amide bonds. The van der Waals surface area contributed by atoms with E-state index in [1.807, 2.05) is 0 Å². The van der Waals surface area contributed by atoms with E-state index in [4.69, 9.17) is 0 Å². The van der Waals surface area contributed by atoms with E-state index in [1.165, 1.54) is 18.3 Å². The zero-order valence-corrected chi connectivity index (χ0v) is 14.2. The van der Waals surface area contributed by atoms with E-state index in [0.29, 0.717) is 11.3 Å². The summed E-state index contributed by atoms with van der Waals surface area (Å²) in [6.07, 6.45) is -1.51. The third-order valence-corrected chi connectivity index (χ3v) is 3.99. The monoisotopic (exact) mass is 360 g/mol. The number of quaternary nitrogens is 1. The Morgan fingerprint density at radius 3 is 2.27 bits per heavy atom. The number of benzene rings is 2. The van der Waals surface area contributed by atoms with Gasteiger partial charge in [-0.25, -0.2) is 4.79 Å². The summed E-state index contributed by atoms with van der Waals surface area (Å²) in [5.41, 5.74) is 0.0948. The topological polar surface area (TPSA) is 32.7 Å². The Morgan fingerprint density at radius 1 is 1.00 bits per heavy atom. The van der Waals surface area contributed by atoms with Crippen molar-refractivity contribution < 1.29 is 18.0 Å². The Balaban J connectivity index is 2.23. The number of para-hydroxylation sites is 1. The van der Waals surface area contributed by atoms with Crippen LogP contribution in [0.1, 0.15) is 5.56 Å². The van der Waals surface area contributed by atoms with Crippen LogP contribution in [0.2, 0.25) is 0 Å². The highest BCUT2D eigenvalue weighted by atomic mass is 19.4. The van der Waals surface area contributed by atoms with Gasteiger partial charge in [0.25, 0.3) is 0 Å². The minimum Gasteiger partial charge on any atom is -0.383 e. The minimum atomic E-state index is -4.51. The van der Waals surface area contributed by atoms with E-state index in [1.54, 1.807) is 55.5 Å². The Kier molecular flexibility index (Phi) is 4.41. The number of hydrogen-bond acceptors (Lipinski definition) is 3. The maximum atomic E-state index is 13.2. The largest absolute Gasteiger partial charge is 0.416 e. The molecule has 0 bridgehead atoms. The molecule has 7 heteroatoms. The van der Waals surface area contributed by atoms with Gasteiger partial charge in [0.15, 0.2) is 11.4 Å². The van der Waals surface area contributed by atoms with Crippen molar-refractivity contribution in [3.63, 3.8) is 0 Å². The lowest BCUT2D eigenvalue weighted by Gasteiger charge is -2.25. The van der Waals surface area contributed by atoms with Gasteiger partial charge < -0.3 is 4.90 Å². The van der Waals surface area contributed by atoms with Crippen LogP contribution in [-0.4, -0.2) is 31.1 Å². The second-order valence-corrected chi connectivity index (χ2v) is 6.12. The van der Waals surface area contributed by atoms with Crippen molar-refractivity contribution in [3.05, 3.63) is 71.9 Å². The maximum absolute atomic E-state index is 13.2. The van der Waals surface area contributed by atoms with Crippen LogP contribution in [0.3, 0.4) is 0 Å². The molecule has 0 aromatic heterocycles. The molecule has 2 aromatic rings. The number of amides is 1. The van der Waals surface area contributed by atoms with Crippen molar-refractivity contribution in [1.29, 1.82) is 0 Å². The van der Waals surface area contributed by atoms with Gasteiger partial charge in [-0.1, -0.05) is 34.0 Å². The summed E-state index contributed by atoms with van der Waals surface area (Å²) < 4.78 is 38.9. The highest BCUT2D eigenvalue weighted by Gasteiger charge is 2.49. The van der Waals surface area contributed by atoms with Crippen molar-refractivity contribution in [2.75, 3.05) is 14.1 Å². The molecule has 0 radical (unpaired) electrons. The molecule has 3 rings (SSSR count). The Hall–Kier alpha value is -2.93. The second-order valence-electron chi connectivity index (χ2n) is 6.12. The van der Waals surface area contributed by atoms with Crippen LogP contribution in [0.5, 0.6) is 0 Å². The first-order valence-corrected chi connectivity index (χ1v) is 7.86. The van der Waals surface area contributed by atoms with E-state index >= 15 is 0 Å². The zero-order valence-electron chi connectivity index (χ0n) is 14.2. The van der Waals surface area contributed by atoms with Crippen LogP contribution in [0.4, 0.5) is 24.5 Å². The average Bonchev–Trinajstić information content (AvgIpc) is 2.92. The fourth-order valence-electron chi connectivity index (χ4n) is 2.85. The minimum absolute atomic E-state index is 0.134. The van der Waals surface area contributed by atoms with E-state index in [2.05, 4.69) is 5.10 Å². The first kappa shape index (κ1) is 17.9. The average molecular weight is 360 g/mol. The van der Waals surface area contributed by atoms with Gasteiger partial charge in [-0.2, -0.15) is 13.2 Å². The SMILES string of the molecule is CN(C)C=C1C=N[N+](c2ccccc2)(c2cccc(C(F)(F)F)c2)C1=O. The summed E-state index contributed by atoms with van der Waals surface area (Å²) in [5.74, 6) is -0.413. The van der Waals surface area contributed by atoms with Crippen molar-refractivity contribution in [1.82, 2.24) is 9.49 Å². The number of carbonyl (C=O) groups excluding carboxylic acids is 1. The highest BCUT2D eigenvalue weighted by Crippen LogP contribution is 2.42. The molecule has 0 N–H and O–H groups in total. The molecule has 26 heavy (non-hydrogen) atoms. The zero-order chi connectivity index (χ0) is 18.9. The summed E-state index contributed by atoms with van der Waals surface area (Å²) >= 11 is 0. The number of hydrogen-bond donors (Lipinski definition) is 0. The number of rotatable bonds is 3. The van der Waals surface area contributed by atoms with Crippen molar-refractivity contribution in [2.45, 2.75) is 6.18 Å². The number of nitrogens with zero attached hydrogens (tertiary/aromatic N) is 3. The summed E-state index contributed by atoms with van der Waals surface area (Å²) in [7, 11) is 3.52. The predicted octanol–water partition coefficient (Wildman–Crippen LogP) is 4.32. The molecule has 1 aliphatic heterocycles. The molecule has 2 aromatic carbocycles. The first-order valence-electron chi connectivity index (χ1n) is 7.86. The molecule has 4 nitrogen and oxygen atoms in total. The maximum Gasteiger partial charge on any atom is 0.416 e. The molecule has 1 atom stereocenters. The van der Waals surface area contributed by atoms with Gasteiger partial charge >= 0.3 is 12.1 Å².